The first-order valence-electron chi connectivity index (χ1n) is 9.23. The number of nitro benzene ring substituents is 1. The number of aliphatic carboxylic acids is 1. The molecule has 1 aromatic carbocycles. The Bertz CT molecular complexity index is 697. The Morgan fingerprint density at radius 3 is 2.48 bits per heavy atom. The molecule has 1 aromatic rings. The molecule has 0 bridgehead atoms. The molecule has 0 saturated heterocycles. The van der Waals surface area contributed by atoms with Crippen LogP contribution in [-0.4, -0.2) is 33.0 Å². The van der Waals surface area contributed by atoms with Gasteiger partial charge in [-0.2, -0.15) is 0 Å². The molecule has 7 heteroatoms. The number of aliphatic hydroxyl groups excluding tert-OH is 1. The molecule has 0 aromatic heterocycles. The molecule has 1 aliphatic carbocycles. The minimum Gasteiger partial charge on any atom is -0.481 e. The van der Waals surface area contributed by atoms with Crippen molar-refractivity contribution in [3.8, 4) is 0 Å². The molecule has 7 nitrogen and oxygen atoms in total. The van der Waals surface area contributed by atoms with Gasteiger partial charge in [-0.1, -0.05) is 31.4 Å². The lowest BCUT2D eigenvalue weighted by Gasteiger charge is -2.17. The molecule has 0 spiro atoms. The van der Waals surface area contributed by atoms with Crippen LogP contribution in [0.2, 0.25) is 0 Å². The number of rotatable bonds is 10. The first-order valence-corrected chi connectivity index (χ1v) is 9.23. The van der Waals surface area contributed by atoms with E-state index in [-0.39, 0.29) is 36.1 Å². The number of hydrogen-bond acceptors (Lipinski definition) is 5. The molecule has 0 aliphatic heterocycles. The molecule has 0 unspecified atom stereocenters. The number of ketones is 1. The molecule has 0 heterocycles. The number of non-ortho nitro benzene ring substituents is 1. The summed E-state index contributed by atoms with van der Waals surface area (Å²) < 4.78 is 0. The number of carboxylic acids is 1. The summed E-state index contributed by atoms with van der Waals surface area (Å²) in [6.45, 7) is 0. The second kappa shape index (κ2) is 9.97. The van der Waals surface area contributed by atoms with E-state index in [2.05, 4.69) is 0 Å². The maximum absolute atomic E-state index is 12.2. The summed E-state index contributed by atoms with van der Waals surface area (Å²) >= 11 is 0. The summed E-state index contributed by atoms with van der Waals surface area (Å²) in [5, 5.41) is 29.5. The smallest absolute Gasteiger partial charge is 0.303 e. The zero-order valence-electron chi connectivity index (χ0n) is 15.1. The van der Waals surface area contributed by atoms with Gasteiger partial charge in [0.05, 0.1) is 11.0 Å². The van der Waals surface area contributed by atoms with E-state index in [0.29, 0.717) is 12.8 Å². The molecule has 1 aliphatic rings. The Morgan fingerprint density at radius 1 is 1.19 bits per heavy atom. The van der Waals surface area contributed by atoms with Gasteiger partial charge < -0.3 is 10.2 Å². The molecule has 1 fully saturated rings. The normalized spacial score (nSPS) is 22.4. The molecule has 0 radical (unpaired) electrons. The monoisotopic (exact) mass is 375 g/mol. The summed E-state index contributed by atoms with van der Waals surface area (Å²) in [4.78, 5) is 32.9. The maximum atomic E-state index is 12.2. The number of carbonyl (C=O) groups excluding carboxylic acids is 1. The van der Waals surface area contributed by atoms with Crippen molar-refractivity contribution < 1.29 is 24.7 Å². The quantitative estimate of drug-likeness (QED) is 0.366. The van der Waals surface area contributed by atoms with Crippen LogP contribution in [0.5, 0.6) is 0 Å². The van der Waals surface area contributed by atoms with E-state index in [0.717, 1.165) is 24.8 Å². The van der Waals surface area contributed by atoms with E-state index in [4.69, 9.17) is 5.11 Å². The average Bonchev–Trinajstić information content (AvgIpc) is 2.89. The zero-order chi connectivity index (χ0) is 19.8. The van der Waals surface area contributed by atoms with Crippen molar-refractivity contribution in [2.75, 3.05) is 0 Å². The Morgan fingerprint density at radius 2 is 1.85 bits per heavy atom. The van der Waals surface area contributed by atoms with Crippen molar-refractivity contribution in [3.05, 3.63) is 46.0 Å². The lowest BCUT2D eigenvalue weighted by Crippen LogP contribution is -2.18. The lowest BCUT2D eigenvalue weighted by molar-refractivity contribution is -0.384. The van der Waals surface area contributed by atoms with Crippen LogP contribution < -0.4 is 0 Å². The van der Waals surface area contributed by atoms with Gasteiger partial charge in [0, 0.05) is 36.8 Å². The van der Waals surface area contributed by atoms with Gasteiger partial charge in [0.25, 0.3) is 5.69 Å². The second-order valence-corrected chi connectivity index (χ2v) is 6.98. The Labute approximate surface area is 157 Å². The maximum Gasteiger partial charge on any atom is 0.303 e. The van der Waals surface area contributed by atoms with Crippen LogP contribution in [0.1, 0.15) is 50.5 Å². The van der Waals surface area contributed by atoms with Gasteiger partial charge in [0.15, 0.2) is 0 Å². The number of hydrogen-bond donors (Lipinski definition) is 2. The van der Waals surface area contributed by atoms with Crippen molar-refractivity contribution >= 4 is 23.5 Å². The fourth-order valence-electron chi connectivity index (χ4n) is 3.52. The summed E-state index contributed by atoms with van der Waals surface area (Å²) in [5.41, 5.74) is 0.795. The predicted molar refractivity (Wildman–Crippen MR) is 100 cm³/mol. The molecule has 1 saturated carbocycles. The number of aliphatic hydroxyl groups is 1. The highest BCUT2D eigenvalue weighted by Crippen LogP contribution is 2.34. The van der Waals surface area contributed by atoms with Crippen molar-refractivity contribution in [3.63, 3.8) is 0 Å². The predicted octanol–water partition coefficient (Wildman–Crippen LogP) is 3.60. The molecule has 3 atom stereocenters. The molecule has 0 amide bonds. The standard InChI is InChI=1S/C20H25NO6/c22-18-13-19(23)17(16(18)5-3-1-2-4-6-20(24)25)12-9-14-7-10-15(11-8-14)21(26)27/h7-12,16-17,19,23H,1-6,13H2,(H,24,25)/t16-,17-,19+/m0/s1. The van der Waals surface area contributed by atoms with E-state index in [1.807, 2.05) is 6.08 Å². The van der Waals surface area contributed by atoms with E-state index in [1.54, 1.807) is 18.2 Å². The van der Waals surface area contributed by atoms with E-state index in [9.17, 15) is 24.8 Å². The van der Waals surface area contributed by atoms with E-state index < -0.39 is 17.0 Å². The number of nitro groups is 1. The second-order valence-electron chi connectivity index (χ2n) is 6.98. The molecule has 2 rings (SSSR count). The highest BCUT2D eigenvalue weighted by Gasteiger charge is 2.39. The van der Waals surface area contributed by atoms with Crippen LogP contribution in [0.3, 0.4) is 0 Å². The van der Waals surface area contributed by atoms with Crippen LogP contribution in [0.15, 0.2) is 30.3 Å². The molecular formula is C20H25NO6. The summed E-state index contributed by atoms with van der Waals surface area (Å²) in [5.74, 6) is -1.22. The molecule has 27 heavy (non-hydrogen) atoms. The molecular weight excluding hydrogens is 350 g/mol. The van der Waals surface area contributed by atoms with Gasteiger partial charge >= 0.3 is 5.97 Å². The highest BCUT2D eigenvalue weighted by atomic mass is 16.6. The fraction of sp³-hybridized carbons (Fsp3) is 0.500. The Kier molecular flexibility index (Phi) is 7.67. The van der Waals surface area contributed by atoms with Crippen LogP contribution in [-0.2, 0) is 9.59 Å². The minimum atomic E-state index is -0.791. The fourth-order valence-corrected chi connectivity index (χ4v) is 3.52. The van der Waals surface area contributed by atoms with Crippen LogP contribution in [0.25, 0.3) is 6.08 Å². The van der Waals surface area contributed by atoms with Crippen molar-refractivity contribution in [1.29, 1.82) is 0 Å². The number of unbranched alkanes of at least 4 members (excludes halogenated alkanes) is 3. The Balaban J connectivity index is 1.89. The number of Topliss-reactive ketones (excluding diaryl/α,β-unsaturated/α-hetero) is 1. The lowest BCUT2D eigenvalue weighted by atomic mass is 9.88. The van der Waals surface area contributed by atoms with E-state index >= 15 is 0 Å². The van der Waals surface area contributed by atoms with Crippen LogP contribution in [0, 0.1) is 22.0 Å². The molecule has 146 valence electrons. The topological polar surface area (TPSA) is 118 Å². The SMILES string of the molecule is O=C(O)CCCCCC[C@@H]1C(=O)C[C@@H](O)[C@H]1C=Cc1ccc([N+](=O)[O-])cc1. The number of carboxylic acid groups (broad SMARTS) is 1. The number of benzene rings is 1. The third-order valence-electron chi connectivity index (χ3n) is 5.00. The van der Waals surface area contributed by atoms with Crippen LogP contribution >= 0.6 is 0 Å². The first kappa shape index (κ1) is 20.8. The van der Waals surface area contributed by atoms with Gasteiger partial charge in [-0.15, -0.1) is 0 Å². The first-order chi connectivity index (χ1) is 12.9. The van der Waals surface area contributed by atoms with E-state index in [1.165, 1.54) is 12.1 Å². The Hall–Kier alpha value is -2.54. The number of carbonyl (C=O) groups is 2. The van der Waals surface area contributed by atoms with Gasteiger partial charge in [-0.25, -0.2) is 0 Å². The van der Waals surface area contributed by atoms with Gasteiger partial charge in [0.2, 0.25) is 0 Å². The van der Waals surface area contributed by atoms with Crippen molar-refractivity contribution in [2.24, 2.45) is 11.8 Å². The van der Waals surface area contributed by atoms with Crippen molar-refractivity contribution in [1.82, 2.24) is 0 Å². The van der Waals surface area contributed by atoms with Gasteiger partial charge in [0.1, 0.15) is 5.78 Å². The zero-order valence-corrected chi connectivity index (χ0v) is 15.1. The number of nitrogens with zero attached hydrogens (tertiary/aromatic N) is 1. The average molecular weight is 375 g/mol. The summed E-state index contributed by atoms with van der Waals surface area (Å²) in [6.07, 6.45) is 7.06. The van der Waals surface area contributed by atoms with Crippen molar-refractivity contribution in [2.45, 2.75) is 51.0 Å². The third-order valence-corrected chi connectivity index (χ3v) is 5.00. The van der Waals surface area contributed by atoms with Gasteiger partial charge in [-0.05, 0) is 30.5 Å². The molecule has 2 N–H and O–H groups in total. The minimum absolute atomic E-state index is 0.0176. The highest BCUT2D eigenvalue weighted by molar-refractivity contribution is 5.84. The summed E-state index contributed by atoms with van der Waals surface area (Å²) in [6, 6.07) is 6.11. The largest absolute Gasteiger partial charge is 0.481 e. The van der Waals surface area contributed by atoms with Gasteiger partial charge in [-0.3, -0.25) is 19.7 Å². The van der Waals surface area contributed by atoms with Crippen LogP contribution in [0.4, 0.5) is 5.69 Å². The third kappa shape index (κ3) is 6.29. The summed E-state index contributed by atoms with van der Waals surface area (Å²) in [7, 11) is 0.